The highest BCUT2D eigenvalue weighted by atomic mass is 32.2. The Kier molecular flexibility index (Phi) is 6.30. The van der Waals surface area contributed by atoms with Gasteiger partial charge in [-0.2, -0.15) is 4.31 Å². The number of hydrogen-bond acceptors (Lipinski definition) is 4. The molecule has 1 aliphatic rings. The minimum absolute atomic E-state index is 0.00907. The van der Waals surface area contributed by atoms with Crippen molar-refractivity contribution >= 4 is 21.9 Å². The molecule has 0 spiro atoms. The molecule has 2 N–H and O–H groups in total. The van der Waals surface area contributed by atoms with Gasteiger partial charge in [0.1, 0.15) is 16.5 Å². The second-order valence-corrected chi connectivity index (χ2v) is 8.14. The maximum absolute atomic E-state index is 13.8. The third kappa shape index (κ3) is 4.55. The highest BCUT2D eigenvalue weighted by Crippen LogP contribution is 2.26. The van der Waals surface area contributed by atoms with Gasteiger partial charge < -0.3 is 10.4 Å². The minimum Gasteiger partial charge on any atom is -0.481 e. The number of piperidine rings is 1. The van der Waals surface area contributed by atoms with Crippen molar-refractivity contribution in [2.45, 2.75) is 24.7 Å². The average molecular weight is 390 g/mol. The molecular weight excluding hydrogens is 370 g/mol. The molecule has 1 aromatic carbocycles. The first-order valence-electron chi connectivity index (χ1n) is 8.08. The number of sulfonamides is 1. The summed E-state index contributed by atoms with van der Waals surface area (Å²) in [6.45, 7) is 1.43. The SMILES string of the molecule is CC(CNC(=O)C1CCN(S(=O)(=O)c2cc(F)ccc2F)CC1)C(=O)O. The molecule has 1 heterocycles. The summed E-state index contributed by atoms with van der Waals surface area (Å²) in [7, 11) is -4.19. The maximum Gasteiger partial charge on any atom is 0.308 e. The summed E-state index contributed by atoms with van der Waals surface area (Å²) >= 11 is 0. The lowest BCUT2D eigenvalue weighted by atomic mass is 9.97. The van der Waals surface area contributed by atoms with Crippen molar-refractivity contribution in [2.75, 3.05) is 19.6 Å². The molecule has 1 atom stereocenters. The van der Waals surface area contributed by atoms with Crippen LogP contribution in [0.15, 0.2) is 23.1 Å². The quantitative estimate of drug-likeness (QED) is 0.760. The highest BCUT2D eigenvalue weighted by molar-refractivity contribution is 7.89. The Hall–Kier alpha value is -2.07. The number of hydrogen-bond donors (Lipinski definition) is 2. The number of carbonyl (C=O) groups excluding carboxylic acids is 1. The van der Waals surface area contributed by atoms with Gasteiger partial charge in [0.05, 0.1) is 5.92 Å². The van der Waals surface area contributed by atoms with Crippen LogP contribution in [0.4, 0.5) is 8.78 Å². The molecule has 144 valence electrons. The van der Waals surface area contributed by atoms with E-state index in [0.717, 1.165) is 16.4 Å². The number of nitrogens with one attached hydrogen (secondary N) is 1. The van der Waals surface area contributed by atoms with Crippen LogP contribution in [-0.2, 0) is 19.6 Å². The fourth-order valence-electron chi connectivity index (χ4n) is 2.66. The summed E-state index contributed by atoms with van der Waals surface area (Å²) in [6.07, 6.45) is 0.424. The van der Waals surface area contributed by atoms with Crippen molar-refractivity contribution in [3.05, 3.63) is 29.8 Å². The van der Waals surface area contributed by atoms with Gasteiger partial charge in [-0.25, -0.2) is 17.2 Å². The smallest absolute Gasteiger partial charge is 0.308 e. The first kappa shape index (κ1) is 20.2. The van der Waals surface area contributed by atoms with E-state index in [-0.39, 0.29) is 38.4 Å². The van der Waals surface area contributed by atoms with Gasteiger partial charge in [-0.1, -0.05) is 6.92 Å². The molecule has 1 amide bonds. The van der Waals surface area contributed by atoms with Crippen LogP contribution in [0.1, 0.15) is 19.8 Å². The van der Waals surface area contributed by atoms with Crippen LogP contribution in [0.25, 0.3) is 0 Å². The average Bonchev–Trinajstić information content (AvgIpc) is 2.61. The molecule has 1 unspecified atom stereocenters. The van der Waals surface area contributed by atoms with Crippen LogP contribution in [0.5, 0.6) is 0 Å². The Labute approximate surface area is 150 Å². The predicted octanol–water partition coefficient (Wildman–Crippen LogP) is 1.20. The standard InChI is InChI=1S/C16H20F2N2O5S/c1-10(16(22)23)9-19-15(21)11-4-6-20(7-5-11)26(24,25)14-8-12(17)2-3-13(14)18/h2-3,8,10-11H,4-7,9H2,1H3,(H,19,21)(H,22,23). The van der Waals surface area contributed by atoms with Gasteiger partial charge in [0.25, 0.3) is 0 Å². The van der Waals surface area contributed by atoms with E-state index in [9.17, 15) is 26.8 Å². The van der Waals surface area contributed by atoms with Crippen LogP contribution >= 0.6 is 0 Å². The van der Waals surface area contributed by atoms with Crippen LogP contribution < -0.4 is 5.32 Å². The third-order valence-corrected chi connectivity index (χ3v) is 6.25. The number of carbonyl (C=O) groups is 2. The normalized spacial score (nSPS) is 17.7. The van der Waals surface area contributed by atoms with E-state index in [0.29, 0.717) is 6.07 Å². The second-order valence-electron chi connectivity index (χ2n) is 6.24. The van der Waals surface area contributed by atoms with Crippen LogP contribution in [0.3, 0.4) is 0 Å². The van der Waals surface area contributed by atoms with E-state index < -0.39 is 44.4 Å². The summed E-state index contributed by atoms with van der Waals surface area (Å²) < 4.78 is 53.0. The molecule has 0 bridgehead atoms. The summed E-state index contributed by atoms with van der Waals surface area (Å²) in [6, 6.07) is 2.23. The monoisotopic (exact) mass is 390 g/mol. The summed E-state index contributed by atoms with van der Waals surface area (Å²) in [5, 5.41) is 11.3. The molecular formula is C16H20F2N2O5S. The molecule has 1 saturated heterocycles. The fourth-order valence-corrected chi connectivity index (χ4v) is 4.20. The topological polar surface area (TPSA) is 104 Å². The Bertz CT molecular complexity index is 792. The minimum atomic E-state index is -4.19. The van der Waals surface area contributed by atoms with Gasteiger partial charge >= 0.3 is 5.97 Å². The van der Waals surface area contributed by atoms with Gasteiger partial charge in [-0.15, -0.1) is 0 Å². The van der Waals surface area contributed by atoms with E-state index in [4.69, 9.17) is 5.11 Å². The van der Waals surface area contributed by atoms with Crippen molar-refractivity contribution in [1.29, 1.82) is 0 Å². The largest absolute Gasteiger partial charge is 0.481 e. The first-order valence-corrected chi connectivity index (χ1v) is 9.52. The van der Waals surface area contributed by atoms with Crippen LogP contribution in [-0.4, -0.2) is 49.3 Å². The molecule has 2 rings (SSSR count). The Balaban J connectivity index is 1.98. The van der Waals surface area contributed by atoms with Gasteiger partial charge in [-0.3, -0.25) is 9.59 Å². The van der Waals surface area contributed by atoms with E-state index in [1.807, 2.05) is 0 Å². The maximum atomic E-state index is 13.8. The van der Waals surface area contributed by atoms with Gasteiger partial charge in [0, 0.05) is 25.6 Å². The van der Waals surface area contributed by atoms with Gasteiger partial charge in [0.2, 0.25) is 15.9 Å². The Morgan fingerprint density at radius 2 is 1.92 bits per heavy atom. The number of halogens is 2. The van der Waals surface area contributed by atoms with Gasteiger partial charge in [-0.05, 0) is 31.0 Å². The summed E-state index contributed by atoms with van der Waals surface area (Å²) in [5.74, 6) is -4.44. The Morgan fingerprint density at radius 1 is 1.31 bits per heavy atom. The molecule has 0 aromatic heterocycles. The molecule has 1 aliphatic heterocycles. The molecule has 0 radical (unpaired) electrons. The molecule has 26 heavy (non-hydrogen) atoms. The van der Waals surface area contributed by atoms with Crippen molar-refractivity contribution in [2.24, 2.45) is 11.8 Å². The Morgan fingerprint density at radius 3 is 2.50 bits per heavy atom. The molecule has 7 nitrogen and oxygen atoms in total. The zero-order valence-electron chi connectivity index (χ0n) is 14.1. The van der Waals surface area contributed by atoms with Crippen molar-refractivity contribution in [3.8, 4) is 0 Å². The lowest BCUT2D eigenvalue weighted by Gasteiger charge is -2.30. The van der Waals surface area contributed by atoms with Crippen LogP contribution in [0.2, 0.25) is 0 Å². The number of rotatable bonds is 6. The van der Waals surface area contributed by atoms with E-state index in [1.54, 1.807) is 0 Å². The lowest BCUT2D eigenvalue weighted by Crippen LogP contribution is -2.44. The number of carboxylic acid groups (broad SMARTS) is 1. The predicted molar refractivity (Wildman–Crippen MR) is 87.7 cm³/mol. The number of aliphatic carboxylic acids is 1. The molecule has 1 aromatic rings. The van der Waals surface area contributed by atoms with E-state index >= 15 is 0 Å². The molecule has 10 heteroatoms. The fraction of sp³-hybridized carbons (Fsp3) is 0.500. The first-order chi connectivity index (χ1) is 12.1. The third-order valence-electron chi connectivity index (χ3n) is 4.34. The number of benzene rings is 1. The van der Waals surface area contributed by atoms with Gasteiger partial charge in [0.15, 0.2) is 0 Å². The van der Waals surface area contributed by atoms with Crippen LogP contribution in [0, 0.1) is 23.5 Å². The zero-order chi connectivity index (χ0) is 19.5. The summed E-state index contributed by atoms with van der Waals surface area (Å²) in [5.41, 5.74) is 0. The molecule has 0 aliphatic carbocycles. The number of amides is 1. The molecule has 1 fully saturated rings. The molecule has 0 saturated carbocycles. The van der Waals surface area contributed by atoms with E-state index in [2.05, 4.69) is 5.32 Å². The highest BCUT2D eigenvalue weighted by Gasteiger charge is 2.33. The van der Waals surface area contributed by atoms with Crippen molar-refractivity contribution in [3.63, 3.8) is 0 Å². The van der Waals surface area contributed by atoms with Crippen molar-refractivity contribution in [1.82, 2.24) is 9.62 Å². The lowest BCUT2D eigenvalue weighted by molar-refractivity contribution is -0.141. The second kappa shape index (κ2) is 8.09. The van der Waals surface area contributed by atoms with Crippen molar-refractivity contribution < 1.29 is 31.9 Å². The summed E-state index contributed by atoms with van der Waals surface area (Å²) in [4.78, 5) is 22.1. The zero-order valence-corrected chi connectivity index (χ0v) is 14.9. The number of carboxylic acids is 1. The van der Waals surface area contributed by atoms with E-state index in [1.165, 1.54) is 6.92 Å². The number of nitrogens with zero attached hydrogens (tertiary/aromatic N) is 1.